The largest absolute Gasteiger partial charge is 0.544 e. The van der Waals surface area contributed by atoms with Gasteiger partial charge >= 0.3 is 0 Å². The third kappa shape index (κ3) is 4.11. The van der Waals surface area contributed by atoms with Gasteiger partial charge in [0.15, 0.2) is 5.78 Å². The molecule has 0 unspecified atom stereocenters. The lowest BCUT2D eigenvalue weighted by Crippen LogP contribution is -2.43. The molecular formula is C14H21N3O2Si. The monoisotopic (exact) mass is 291 g/mol. The quantitative estimate of drug-likeness (QED) is 0.262. The number of Topliss-reactive ketones (excluding diaryl/α,β-unsaturated/α-hetero) is 1. The van der Waals surface area contributed by atoms with Gasteiger partial charge in [0, 0.05) is 10.5 Å². The van der Waals surface area contributed by atoms with Gasteiger partial charge in [0.1, 0.15) is 5.75 Å². The molecule has 0 aliphatic heterocycles. The molecule has 1 aromatic carbocycles. The Hall–Kier alpha value is -1.78. The molecule has 1 rings (SSSR count). The lowest BCUT2D eigenvalue weighted by molar-refractivity contribution is 0.100. The van der Waals surface area contributed by atoms with Crippen molar-refractivity contribution in [1.29, 1.82) is 0 Å². The molecule has 0 bridgehead atoms. The summed E-state index contributed by atoms with van der Waals surface area (Å²) in [6, 6.07) is 7.00. The second-order valence-corrected chi connectivity index (χ2v) is 10.9. The van der Waals surface area contributed by atoms with Crippen molar-refractivity contribution in [2.75, 3.05) is 6.54 Å². The summed E-state index contributed by atoms with van der Waals surface area (Å²) in [6.07, 6.45) is 0. The Morgan fingerprint density at radius 1 is 1.30 bits per heavy atom. The zero-order valence-corrected chi connectivity index (χ0v) is 13.7. The molecule has 0 aliphatic rings. The first-order valence-electron chi connectivity index (χ1n) is 6.50. The Labute approximate surface area is 120 Å². The second kappa shape index (κ2) is 6.11. The maximum absolute atomic E-state index is 11.7. The molecule has 0 heterocycles. The highest BCUT2D eigenvalue weighted by Gasteiger charge is 2.38. The van der Waals surface area contributed by atoms with Crippen LogP contribution >= 0.6 is 0 Å². The number of ketones is 1. The van der Waals surface area contributed by atoms with Gasteiger partial charge in [-0.3, -0.25) is 4.79 Å². The molecule has 6 heteroatoms. The van der Waals surface area contributed by atoms with Gasteiger partial charge in [0.2, 0.25) is 8.32 Å². The average molecular weight is 291 g/mol. The van der Waals surface area contributed by atoms with E-state index in [1.165, 1.54) is 0 Å². The summed E-state index contributed by atoms with van der Waals surface area (Å²) in [4.78, 5) is 14.2. The van der Waals surface area contributed by atoms with E-state index in [0.29, 0.717) is 5.56 Å². The first-order chi connectivity index (χ1) is 9.17. The zero-order chi connectivity index (χ0) is 15.4. The zero-order valence-electron chi connectivity index (χ0n) is 12.7. The highest BCUT2D eigenvalue weighted by atomic mass is 28.4. The summed E-state index contributed by atoms with van der Waals surface area (Å²) in [5, 5.41) is 3.40. The molecule has 0 amide bonds. The number of carbonyl (C=O) groups excluding carboxylic acids is 1. The highest BCUT2D eigenvalue weighted by Crippen LogP contribution is 2.37. The minimum atomic E-state index is -1.86. The summed E-state index contributed by atoms with van der Waals surface area (Å²) in [5.41, 5.74) is 8.73. The van der Waals surface area contributed by atoms with Crippen molar-refractivity contribution in [3.8, 4) is 5.75 Å². The first-order valence-corrected chi connectivity index (χ1v) is 9.41. The third-order valence-electron chi connectivity index (χ3n) is 3.63. The number of azide groups is 1. The predicted molar refractivity (Wildman–Crippen MR) is 82.6 cm³/mol. The SMILES string of the molecule is CC(C)(C)[Si](C)(C)Oc1ccc(C(=O)CN=[N+]=[N-])cc1. The van der Waals surface area contributed by atoms with Crippen LogP contribution in [0.4, 0.5) is 0 Å². The standard InChI is InChI=1S/C14H21N3O2Si/c1-14(2,3)20(4,5)19-12-8-6-11(7-9-12)13(18)10-16-17-15/h6-9H,10H2,1-5H3. The van der Waals surface area contributed by atoms with Crippen molar-refractivity contribution < 1.29 is 9.22 Å². The van der Waals surface area contributed by atoms with E-state index in [1.807, 2.05) is 0 Å². The van der Waals surface area contributed by atoms with Gasteiger partial charge < -0.3 is 4.43 Å². The van der Waals surface area contributed by atoms with Crippen LogP contribution in [0, 0.1) is 0 Å². The first kappa shape index (κ1) is 16.3. The fraction of sp³-hybridized carbons (Fsp3) is 0.500. The molecule has 0 saturated carbocycles. The number of hydrogen-bond donors (Lipinski definition) is 0. The molecule has 0 aliphatic carbocycles. The van der Waals surface area contributed by atoms with E-state index in [1.54, 1.807) is 24.3 Å². The van der Waals surface area contributed by atoms with Crippen molar-refractivity contribution in [3.05, 3.63) is 40.3 Å². The Morgan fingerprint density at radius 2 is 1.85 bits per heavy atom. The van der Waals surface area contributed by atoms with E-state index in [2.05, 4.69) is 43.9 Å². The van der Waals surface area contributed by atoms with Gasteiger partial charge in [-0.1, -0.05) is 25.9 Å². The Morgan fingerprint density at radius 3 is 2.30 bits per heavy atom. The van der Waals surface area contributed by atoms with Crippen LogP contribution < -0.4 is 4.43 Å². The summed E-state index contributed by atoms with van der Waals surface area (Å²) in [7, 11) is -1.86. The predicted octanol–water partition coefficient (Wildman–Crippen LogP) is 4.56. The Kier molecular flexibility index (Phi) is 4.97. The van der Waals surface area contributed by atoms with Crippen LogP contribution in [-0.2, 0) is 0 Å². The number of nitrogens with zero attached hydrogens (tertiary/aromatic N) is 3. The number of hydrogen-bond acceptors (Lipinski definition) is 3. The van der Waals surface area contributed by atoms with Crippen LogP contribution in [0.3, 0.4) is 0 Å². The average Bonchev–Trinajstić information content (AvgIpc) is 2.35. The molecule has 0 spiro atoms. The summed E-state index contributed by atoms with van der Waals surface area (Å²) in [6.45, 7) is 10.7. The Bertz CT molecular complexity index is 526. The van der Waals surface area contributed by atoms with Gasteiger partial charge in [-0.05, 0) is 47.9 Å². The molecule has 0 fully saturated rings. The van der Waals surface area contributed by atoms with Crippen molar-refractivity contribution in [1.82, 2.24) is 0 Å². The summed E-state index contributed by atoms with van der Waals surface area (Å²) in [5.74, 6) is 0.582. The molecule has 5 nitrogen and oxygen atoms in total. The van der Waals surface area contributed by atoms with Crippen LogP contribution in [-0.4, -0.2) is 20.6 Å². The summed E-state index contributed by atoms with van der Waals surface area (Å²) >= 11 is 0. The van der Waals surface area contributed by atoms with Crippen LogP contribution in [0.25, 0.3) is 10.4 Å². The number of rotatable bonds is 5. The fourth-order valence-corrected chi connectivity index (χ4v) is 2.38. The highest BCUT2D eigenvalue weighted by molar-refractivity contribution is 6.74. The third-order valence-corrected chi connectivity index (χ3v) is 7.99. The number of carbonyl (C=O) groups is 1. The van der Waals surface area contributed by atoms with Gasteiger partial charge in [-0.2, -0.15) is 0 Å². The van der Waals surface area contributed by atoms with E-state index in [0.717, 1.165) is 5.75 Å². The van der Waals surface area contributed by atoms with E-state index < -0.39 is 8.32 Å². The topological polar surface area (TPSA) is 75.1 Å². The van der Waals surface area contributed by atoms with E-state index in [9.17, 15) is 4.79 Å². The normalized spacial score (nSPS) is 11.7. The lowest BCUT2D eigenvalue weighted by Gasteiger charge is -2.36. The molecule has 0 atom stereocenters. The Balaban J connectivity index is 2.82. The lowest BCUT2D eigenvalue weighted by atomic mass is 10.1. The molecule has 108 valence electrons. The van der Waals surface area contributed by atoms with Gasteiger partial charge in [-0.15, -0.1) is 0 Å². The van der Waals surface area contributed by atoms with Crippen LogP contribution in [0.2, 0.25) is 18.1 Å². The minimum absolute atomic E-state index is 0.128. The molecule has 0 saturated heterocycles. The van der Waals surface area contributed by atoms with Crippen LogP contribution in [0.1, 0.15) is 31.1 Å². The maximum Gasteiger partial charge on any atom is 0.250 e. The van der Waals surface area contributed by atoms with Gasteiger partial charge in [-0.25, -0.2) is 0 Å². The van der Waals surface area contributed by atoms with Gasteiger partial charge in [0.25, 0.3) is 0 Å². The molecule has 1 aromatic rings. The van der Waals surface area contributed by atoms with Crippen molar-refractivity contribution in [3.63, 3.8) is 0 Å². The molecular weight excluding hydrogens is 270 g/mol. The smallest absolute Gasteiger partial charge is 0.250 e. The van der Waals surface area contributed by atoms with Crippen LogP contribution in [0.15, 0.2) is 29.4 Å². The molecule has 20 heavy (non-hydrogen) atoms. The van der Waals surface area contributed by atoms with Crippen molar-refractivity contribution in [2.45, 2.75) is 38.9 Å². The minimum Gasteiger partial charge on any atom is -0.544 e. The van der Waals surface area contributed by atoms with Gasteiger partial charge in [0.05, 0.1) is 6.54 Å². The summed E-state index contributed by atoms with van der Waals surface area (Å²) < 4.78 is 6.13. The maximum atomic E-state index is 11.7. The van der Waals surface area contributed by atoms with Crippen molar-refractivity contribution >= 4 is 14.1 Å². The fourth-order valence-electron chi connectivity index (χ4n) is 1.34. The van der Waals surface area contributed by atoms with E-state index in [-0.39, 0.29) is 17.4 Å². The molecule has 0 N–H and O–H groups in total. The van der Waals surface area contributed by atoms with Crippen LogP contribution in [0.5, 0.6) is 5.75 Å². The van der Waals surface area contributed by atoms with E-state index in [4.69, 9.17) is 9.96 Å². The molecule has 0 radical (unpaired) electrons. The second-order valence-electron chi connectivity index (χ2n) is 6.20. The van der Waals surface area contributed by atoms with E-state index >= 15 is 0 Å². The molecule has 0 aromatic heterocycles. The van der Waals surface area contributed by atoms with Crippen molar-refractivity contribution in [2.24, 2.45) is 5.11 Å². The number of benzene rings is 1.